The molecule has 0 aliphatic carbocycles. The Morgan fingerprint density at radius 1 is 1.00 bits per heavy atom. The van der Waals surface area contributed by atoms with E-state index in [0.29, 0.717) is 11.3 Å². The minimum atomic E-state index is -0.249. The molecule has 0 saturated heterocycles. The normalized spacial score (nSPS) is 10.8. The van der Waals surface area contributed by atoms with E-state index >= 15 is 0 Å². The molecule has 3 aromatic carbocycles. The van der Waals surface area contributed by atoms with Crippen LogP contribution in [0.15, 0.2) is 71.8 Å². The van der Waals surface area contributed by atoms with E-state index in [1.165, 1.54) is 0 Å². The largest absolute Gasteiger partial charge is 0.496 e. The van der Waals surface area contributed by atoms with Crippen molar-refractivity contribution in [2.45, 2.75) is 0 Å². The Bertz CT molecular complexity index is 858. The molecule has 1 amide bonds. The summed E-state index contributed by atoms with van der Waals surface area (Å²) in [5.74, 6) is 0.461. The number of carbonyl (C=O) groups excluding carboxylic acids is 1. The lowest BCUT2D eigenvalue weighted by Crippen LogP contribution is -2.17. The van der Waals surface area contributed by atoms with E-state index < -0.39 is 0 Å². The Labute approximate surface area is 134 Å². The van der Waals surface area contributed by atoms with Crippen molar-refractivity contribution < 1.29 is 9.53 Å². The maximum Gasteiger partial charge on any atom is 0.271 e. The van der Waals surface area contributed by atoms with Crippen LogP contribution in [0, 0.1) is 0 Å². The van der Waals surface area contributed by atoms with Gasteiger partial charge < -0.3 is 4.74 Å². The van der Waals surface area contributed by atoms with Gasteiger partial charge in [0.15, 0.2) is 0 Å². The van der Waals surface area contributed by atoms with Crippen LogP contribution in [0.5, 0.6) is 5.75 Å². The zero-order valence-electron chi connectivity index (χ0n) is 12.7. The first-order valence-electron chi connectivity index (χ1n) is 7.24. The molecule has 0 atom stereocenters. The van der Waals surface area contributed by atoms with Gasteiger partial charge in [-0.05, 0) is 29.0 Å². The van der Waals surface area contributed by atoms with Gasteiger partial charge in [-0.2, -0.15) is 5.10 Å². The number of hydrogen-bond donors (Lipinski definition) is 1. The summed E-state index contributed by atoms with van der Waals surface area (Å²) in [6.45, 7) is 0. The summed E-state index contributed by atoms with van der Waals surface area (Å²) >= 11 is 0. The fourth-order valence-corrected chi connectivity index (χ4v) is 2.40. The van der Waals surface area contributed by atoms with E-state index in [1.807, 2.05) is 54.6 Å². The fraction of sp³-hybridized carbons (Fsp3) is 0.0526. The van der Waals surface area contributed by atoms with Gasteiger partial charge in [0.1, 0.15) is 5.75 Å². The summed E-state index contributed by atoms with van der Waals surface area (Å²) < 4.78 is 5.39. The predicted octanol–water partition coefficient (Wildman–Crippen LogP) is 3.61. The number of benzene rings is 3. The maximum atomic E-state index is 12.0. The zero-order chi connectivity index (χ0) is 16.1. The Morgan fingerprint density at radius 2 is 1.74 bits per heavy atom. The van der Waals surface area contributed by atoms with E-state index in [1.54, 1.807) is 25.5 Å². The first kappa shape index (κ1) is 14.8. The highest BCUT2D eigenvalue weighted by Gasteiger charge is 2.06. The molecule has 0 radical (unpaired) electrons. The van der Waals surface area contributed by atoms with Crippen LogP contribution in [0.2, 0.25) is 0 Å². The summed E-state index contributed by atoms with van der Waals surface area (Å²) in [6.07, 6.45) is 1.61. The van der Waals surface area contributed by atoms with E-state index in [-0.39, 0.29) is 5.91 Å². The minimum absolute atomic E-state index is 0.249. The first-order chi connectivity index (χ1) is 11.3. The number of hydrogen-bond acceptors (Lipinski definition) is 3. The van der Waals surface area contributed by atoms with Crippen LogP contribution in [-0.4, -0.2) is 19.2 Å². The lowest BCUT2D eigenvalue weighted by Gasteiger charge is -2.08. The summed E-state index contributed by atoms with van der Waals surface area (Å²) in [7, 11) is 1.62. The van der Waals surface area contributed by atoms with Gasteiger partial charge in [-0.3, -0.25) is 4.79 Å². The highest BCUT2D eigenvalue weighted by atomic mass is 16.5. The SMILES string of the molecule is COc1ccc2ccccc2c1C=NNC(=O)c1ccccc1. The summed E-state index contributed by atoms with van der Waals surface area (Å²) in [4.78, 5) is 12.0. The second-order valence-corrected chi connectivity index (χ2v) is 4.97. The highest BCUT2D eigenvalue weighted by molar-refractivity contribution is 6.03. The van der Waals surface area contributed by atoms with Gasteiger partial charge in [-0.25, -0.2) is 5.43 Å². The summed E-state index contributed by atoms with van der Waals surface area (Å²) in [5.41, 5.74) is 3.94. The number of nitrogens with zero attached hydrogens (tertiary/aromatic N) is 1. The lowest BCUT2D eigenvalue weighted by atomic mass is 10.0. The quantitative estimate of drug-likeness (QED) is 0.591. The molecule has 3 rings (SSSR count). The smallest absolute Gasteiger partial charge is 0.271 e. The van der Waals surface area contributed by atoms with Gasteiger partial charge in [-0.15, -0.1) is 0 Å². The van der Waals surface area contributed by atoms with Crippen LogP contribution in [0.4, 0.5) is 0 Å². The van der Waals surface area contributed by atoms with Crippen molar-refractivity contribution >= 4 is 22.9 Å². The van der Waals surface area contributed by atoms with Crippen molar-refractivity contribution in [1.29, 1.82) is 0 Å². The lowest BCUT2D eigenvalue weighted by molar-refractivity contribution is 0.0955. The molecule has 3 aromatic rings. The van der Waals surface area contributed by atoms with Gasteiger partial charge in [0, 0.05) is 11.1 Å². The molecule has 23 heavy (non-hydrogen) atoms. The third-order valence-corrected chi connectivity index (χ3v) is 3.55. The van der Waals surface area contributed by atoms with Gasteiger partial charge in [0.05, 0.1) is 13.3 Å². The number of amides is 1. The molecule has 4 nitrogen and oxygen atoms in total. The number of nitrogens with one attached hydrogen (secondary N) is 1. The molecule has 0 saturated carbocycles. The summed E-state index contributed by atoms with van der Waals surface area (Å²) in [5, 5.41) is 6.18. The molecule has 1 N–H and O–H groups in total. The van der Waals surface area contributed by atoms with Gasteiger partial charge in [0.25, 0.3) is 5.91 Å². The molecule has 0 aliphatic heterocycles. The van der Waals surface area contributed by atoms with Crippen LogP contribution in [0.3, 0.4) is 0 Å². The van der Waals surface area contributed by atoms with Crippen molar-refractivity contribution in [1.82, 2.24) is 5.43 Å². The maximum absolute atomic E-state index is 12.0. The second-order valence-electron chi connectivity index (χ2n) is 4.97. The molecule has 114 valence electrons. The van der Waals surface area contributed by atoms with Crippen LogP contribution < -0.4 is 10.2 Å². The molecular weight excluding hydrogens is 288 g/mol. The number of rotatable bonds is 4. The number of fused-ring (bicyclic) bond motifs is 1. The molecular formula is C19H16N2O2. The van der Waals surface area contributed by atoms with Crippen molar-refractivity contribution in [3.05, 3.63) is 77.9 Å². The summed E-state index contributed by atoms with van der Waals surface area (Å²) in [6, 6.07) is 20.8. The second kappa shape index (κ2) is 6.75. The molecule has 0 unspecified atom stereocenters. The Balaban J connectivity index is 1.87. The molecule has 4 heteroatoms. The third kappa shape index (κ3) is 3.21. The molecule has 0 spiro atoms. The standard InChI is InChI=1S/C19H16N2O2/c1-23-18-12-11-14-7-5-6-10-16(14)17(18)13-20-21-19(22)15-8-3-2-4-9-15/h2-13H,1H3,(H,21,22). The average Bonchev–Trinajstić information content (AvgIpc) is 2.62. The average molecular weight is 304 g/mol. The van der Waals surface area contributed by atoms with Crippen molar-refractivity contribution in [2.24, 2.45) is 5.10 Å². The van der Waals surface area contributed by atoms with Crippen LogP contribution in [0.25, 0.3) is 10.8 Å². The topological polar surface area (TPSA) is 50.7 Å². The molecule has 0 aromatic heterocycles. The third-order valence-electron chi connectivity index (χ3n) is 3.55. The number of methoxy groups -OCH3 is 1. The minimum Gasteiger partial charge on any atom is -0.496 e. The van der Waals surface area contributed by atoms with Crippen LogP contribution in [0.1, 0.15) is 15.9 Å². The van der Waals surface area contributed by atoms with E-state index in [2.05, 4.69) is 10.5 Å². The number of ether oxygens (including phenoxy) is 1. The first-order valence-corrected chi connectivity index (χ1v) is 7.24. The van der Waals surface area contributed by atoms with E-state index in [0.717, 1.165) is 16.3 Å². The monoisotopic (exact) mass is 304 g/mol. The van der Waals surface area contributed by atoms with Crippen molar-refractivity contribution in [3.8, 4) is 5.75 Å². The van der Waals surface area contributed by atoms with E-state index in [4.69, 9.17) is 4.74 Å². The van der Waals surface area contributed by atoms with Crippen LogP contribution >= 0.6 is 0 Å². The van der Waals surface area contributed by atoms with Crippen LogP contribution in [-0.2, 0) is 0 Å². The number of hydrazone groups is 1. The molecule has 0 bridgehead atoms. The van der Waals surface area contributed by atoms with E-state index in [9.17, 15) is 4.79 Å². The van der Waals surface area contributed by atoms with Crippen molar-refractivity contribution in [3.63, 3.8) is 0 Å². The van der Waals surface area contributed by atoms with Gasteiger partial charge in [-0.1, -0.05) is 48.5 Å². The molecule has 0 aliphatic rings. The Morgan fingerprint density at radius 3 is 2.52 bits per heavy atom. The molecule has 0 fully saturated rings. The van der Waals surface area contributed by atoms with Crippen molar-refractivity contribution in [2.75, 3.05) is 7.11 Å². The number of carbonyl (C=O) groups is 1. The Hall–Kier alpha value is -3.14. The highest BCUT2D eigenvalue weighted by Crippen LogP contribution is 2.26. The fourth-order valence-electron chi connectivity index (χ4n) is 2.40. The predicted molar refractivity (Wildman–Crippen MR) is 92.0 cm³/mol. The van der Waals surface area contributed by atoms with Gasteiger partial charge in [0.2, 0.25) is 0 Å². The molecule has 0 heterocycles. The zero-order valence-corrected chi connectivity index (χ0v) is 12.7. The Kier molecular flexibility index (Phi) is 4.34. The van der Waals surface area contributed by atoms with Gasteiger partial charge >= 0.3 is 0 Å².